The zero-order valence-electron chi connectivity index (χ0n) is 13.1. The minimum Gasteiger partial charge on any atom is -0.465 e. The first-order chi connectivity index (χ1) is 12.0. The predicted octanol–water partition coefficient (Wildman–Crippen LogP) is 4.02. The maximum absolute atomic E-state index is 13.1. The third-order valence-electron chi connectivity index (χ3n) is 3.51. The van der Waals surface area contributed by atoms with Crippen LogP contribution in [0.15, 0.2) is 53.4 Å². The van der Waals surface area contributed by atoms with Crippen LogP contribution in [0.4, 0.5) is 10.1 Å². The molecule has 3 rings (SSSR count). The van der Waals surface area contributed by atoms with Crippen molar-refractivity contribution in [1.82, 2.24) is 0 Å². The van der Waals surface area contributed by atoms with Crippen LogP contribution in [0.2, 0.25) is 0 Å². The Morgan fingerprint density at radius 2 is 1.80 bits per heavy atom. The van der Waals surface area contributed by atoms with E-state index in [1.807, 2.05) is 0 Å². The van der Waals surface area contributed by atoms with Gasteiger partial charge < -0.3 is 4.74 Å². The number of ether oxygens (including phenoxy) is 1. The maximum atomic E-state index is 13.1. The van der Waals surface area contributed by atoms with Crippen molar-refractivity contribution < 1.29 is 18.7 Å². The molecule has 2 aromatic rings. The van der Waals surface area contributed by atoms with Crippen LogP contribution in [0.25, 0.3) is 6.08 Å². The number of rotatable bonds is 3. The lowest BCUT2D eigenvalue weighted by Gasteiger charge is -2.14. The number of esters is 1. The average molecular weight is 373 g/mol. The van der Waals surface area contributed by atoms with Crippen LogP contribution in [-0.4, -0.2) is 23.3 Å². The van der Waals surface area contributed by atoms with E-state index in [2.05, 4.69) is 4.74 Å². The monoisotopic (exact) mass is 373 g/mol. The highest BCUT2D eigenvalue weighted by Gasteiger charge is 2.33. The number of amides is 1. The minimum atomic E-state index is -0.422. The van der Waals surface area contributed by atoms with Crippen molar-refractivity contribution in [3.05, 3.63) is 70.4 Å². The van der Waals surface area contributed by atoms with Gasteiger partial charge in [-0.2, -0.15) is 0 Å². The summed E-state index contributed by atoms with van der Waals surface area (Å²) in [6.45, 7) is 0. The van der Waals surface area contributed by atoms with Crippen LogP contribution < -0.4 is 4.90 Å². The Morgan fingerprint density at radius 1 is 1.16 bits per heavy atom. The molecule has 0 N–H and O–H groups in total. The zero-order chi connectivity index (χ0) is 18.0. The molecule has 1 amide bonds. The second-order valence-corrected chi connectivity index (χ2v) is 6.78. The molecule has 0 spiro atoms. The van der Waals surface area contributed by atoms with Gasteiger partial charge in [0.15, 0.2) is 4.32 Å². The minimum absolute atomic E-state index is 0.265. The van der Waals surface area contributed by atoms with Crippen molar-refractivity contribution in [2.24, 2.45) is 0 Å². The number of benzene rings is 2. The SMILES string of the molecule is COC(=O)c1ccc(/C=C2/SC(=S)N(c3ccc(F)cc3)C2=O)cc1. The van der Waals surface area contributed by atoms with Gasteiger partial charge in [-0.15, -0.1) is 0 Å². The van der Waals surface area contributed by atoms with Gasteiger partial charge in [-0.05, 0) is 48.0 Å². The summed E-state index contributed by atoms with van der Waals surface area (Å²) in [6, 6.07) is 12.3. The van der Waals surface area contributed by atoms with E-state index in [0.717, 1.165) is 5.56 Å². The number of carbonyl (C=O) groups is 2. The van der Waals surface area contributed by atoms with Crippen LogP contribution in [0, 0.1) is 5.82 Å². The Balaban J connectivity index is 1.85. The molecule has 1 aliphatic heterocycles. The van der Waals surface area contributed by atoms with Crippen molar-refractivity contribution in [1.29, 1.82) is 0 Å². The molecular formula is C18H12FNO3S2. The molecule has 25 heavy (non-hydrogen) atoms. The van der Waals surface area contributed by atoms with E-state index in [-0.39, 0.29) is 11.7 Å². The van der Waals surface area contributed by atoms with Crippen molar-refractivity contribution in [2.45, 2.75) is 0 Å². The predicted molar refractivity (Wildman–Crippen MR) is 99.8 cm³/mol. The molecule has 7 heteroatoms. The van der Waals surface area contributed by atoms with E-state index in [9.17, 15) is 14.0 Å². The molecule has 0 unspecified atom stereocenters. The topological polar surface area (TPSA) is 46.6 Å². The fourth-order valence-corrected chi connectivity index (χ4v) is 3.56. The standard InChI is InChI=1S/C18H12FNO3S2/c1-23-17(22)12-4-2-11(3-5-12)10-15-16(21)20(18(24)25-15)14-8-6-13(19)7-9-14/h2-10H,1H3/b15-10+. The van der Waals surface area contributed by atoms with E-state index in [1.54, 1.807) is 30.3 Å². The lowest BCUT2D eigenvalue weighted by Crippen LogP contribution is -2.27. The van der Waals surface area contributed by atoms with Gasteiger partial charge in [0.05, 0.1) is 23.3 Å². The summed E-state index contributed by atoms with van der Waals surface area (Å²) in [5, 5.41) is 0. The highest BCUT2D eigenvalue weighted by Crippen LogP contribution is 2.36. The van der Waals surface area contributed by atoms with E-state index in [4.69, 9.17) is 12.2 Å². The van der Waals surface area contributed by atoms with Crippen LogP contribution >= 0.6 is 24.0 Å². The lowest BCUT2D eigenvalue weighted by atomic mass is 10.1. The van der Waals surface area contributed by atoms with Crippen LogP contribution in [0.3, 0.4) is 0 Å². The van der Waals surface area contributed by atoms with E-state index >= 15 is 0 Å². The summed E-state index contributed by atoms with van der Waals surface area (Å²) in [5.41, 5.74) is 1.71. The lowest BCUT2D eigenvalue weighted by molar-refractivity contribution is -0.113. The number of carbonyl (C=O) groups excluding carboxylic acids is 2. The normalized spacial score (nSPS) is 15.8. The number of halogens is 1. The molecule has 126 valence electrons. The summed E-state index contributed by atoms with van der Waals surface area (Å²) in [5.74, 6) is -1.07. The summed E-state index contributed by atoms with van der Waals surface area (Å²) >= 11 is 6.44. The molecule has 0 bridgehead atoms. The van der Waals surface area contributed by atoms with Gasteiger partial charge in [-0.3, -0.25) is 9.69 Å². The molecule has 0 atom stereocenters. The second-order valence-electron chi connectivity index (χ2n) is 5.11. The quantitative estimate of drug-likeness (QED) is 0.462. The Kier molecular flexibility index (Phi) is 4.96. The molecule has 0 saturated carbocycles. The molecular weight excluding hydrogens is 361 g/mol. The molecule has 0 radical (unpaired) electrons. The second kappa shape index (κ2) is 7.16. The summed E-state index contributed by atoms with van der Waals surface area (Å²) in [4.78, 5) is 25.9. The summed E-state index contributed by atoms with van der Waals surface area (Å²) in [6.07, 6.45) is 1.70. The Labute approximate surface area is 153 Å². The Bertz CT molecular complexity index is 876. The fourth-order valence-electron chi connectivity index (χ4n) is 2.27. The van der Waals surface area contributed by atoms with Gasteiger partial charge in [-0.1, -0.05) is 36.1 Å². The summed E-state index contributed by atoms with van der Waals surface area (Å²) in [7, 11) is 1.32. The van der Waals surface area contributed by atoms with Crippen molar-refractivity contribution >= 4 is 51.9 Å². The average Bonchev–Trinajstić information content (AvgIpc) is 2.89. The molecule has 1 fully saturated rings. The van der Waals surface area contributed by atoms with E-state index in [0.29, 0.717) is 20.5 Å². The number of thiocarbonyl (C=S) groups is 1. The fraction of sp³-hybridized carbons (Fsp3) is 0.0556. The van der Waals surface area contributed by atoms with E-state index in [1.165, 1.54) is 48.0 Å². The Morgan fingerprint density at radius 3 is 2.40 bits per heavy atom. The number of nitrogens with zero attached hydrogens (tertiary/aromatic N) is 1. The number of hydrogen-bond donors (Lipinski definition) is 0. The number of hydrogen-bond acceptors (Lipinski definition) is 5. The van der Waals surface area contributed by atoms with Gasteiger partial charge >= 0.3 is 5.97 Å². The first-order valence-corrected chi connectivity index (χ1v) is 8.44. The number of methoxy groups -OCH3 is 1. The largest absolute Gasteiger partial charge is 0.465 e. The van der Waals surface area contributed by atoms with Crippen LogP contribution in [0.5, 0.6) is 0 Å². The van der Waals surface area contributed by atoms with Gasteiger partial charge in [0, 0.05) is 0 Å². The van der Waals surface area contributed by atoms with Gasteiger partial charge in [0.2, 0.25) is 0 Å². The zero-order valence-corrected chi connectivity index (χ0v) is 14.7. The highest BCUT2D eigenvalue weighted by atomic mass is 32.2. The number of thioether (sulfide) groups is 1. The van der Waals surface area contributed by atoms with Gasteiger partial charge in [-0.25, -0.2) is 9.18 Å². The summed E-state index contributed by atoms with van der Waals surface area (Å²) < 4.78 is 18.1. The van der Waals surface area contributed by atoms with Crippen LogP contribution in [0.1, 0.15) is 15.9 Å². The highest BCUT2D eigenvalue weighted by molar-refractivity contribution is 8.27. The first kappa shape index (κ1) is 17.3. The maximum Gasteiger partial charge on any atom is 0.337 e. The third kappa shape index (κ3) is 3.62. The molecule has 1 saturated heterocycles. The molecule has 2 aromatic carbocycles. The first-order valence-electron chi connectivity index (χ1n) is 7.21. The van der Waals surface area contributed by atoms with Crippen molar-refractivity contribution in [3.63, 3.8) is 0 Å². The van der Waals surface area contributed by atoms with Gasteiger partial charge in [0.1, 0.15) is 5.82 Å². The van der Waals surface area contributed by atoms with Crippen molar-refractivity contribution in [2.75, 3.05) is 12.0 Å². The van der Waals surface area contributed by atoms with Crippen LogP contribution in [-0.2, 0) is 9.53 Å². The van der Waals surface area contributed by atoms with E-state index < -0.39 is 5.97 Å². The van der Waals surface area contributed by atoms with Gasteiger partial charge in [0.25, 0.3) is 5.91 Å². The molecule has 0 aliphatic carbocycles. The third-order valence-corrected chi connectivity index (χ3v) is 4.81. The van der Waals surface area contributed by atoms with Crippen molar-refractivity contribution in [3.8, 4) is 0 Å². The molecule has 4 nitrogen and oxygen atoms in total. The molecule has 1 aliphatic rings. The Hall–Kier alpha value is -2.51. The smallest absolute Gasteiger partial charge is 0.337 e. The molecule has 0 aromatic heterocycles. The molecule has 1 heterocycles. The number of anilines is 1.